The molecule has 11 heteroatoms. The molecule has 2 unspecified atom stereocenters. The van der Waals surface area contributed by atoms with Crippen molar-refractivity contribution in [2.24, 2.45) is 0 Å². The molecule has 4 bridgehead atoms. The number of imidazole rings is 1. The molecule has 0 radical (unpaired) electrons. The van der Waals surface area contributed by atoms with Crippen LogP contribution in [0.5, 0.6) is 11.5 Å². The van der Waals surface area contributed by atoms with Crippen LogP contribution in [0.25, 0.3) is 22.3 Å². The maximum Gasteiger partial charge on any atom is 0.306 e. The number of nitrogens with zero attached hydrogens (tertiary/aromatic N) is 1. The Balaban J connectivity index is 1.38. The van der Waals surface area contributed by atoms with E-state index >= 15 is 8.78 Å². The molecular formula is C39H42F2N4O5. The highest BCUT2D eigenvalue weighted by Crippen LogP contribution is 2.40. The Labute approximate surface area is 289 Å². The number of ether oxygens (including phenoxy) is 2. The van der Waals surface area contributed by atoms with Crippen LogP contribution in [0, 0.1) is 11.6 Å². The van der Waals surface area contributed by atoms with Crippen LogP contribution in [0.15, 0.2) is 67.0 Å². The molecule has 4 N–H and O–H groups in total. The molecule has 50 heavy (non-hydrogen) atoms. The molecule has 3 heterocycles. The van der Waals surface area contributed by atoms with Crippen molar-refractivity contribution in [1.29, 1.82) is 0 Å². The van der Waals surface area contributed by atoms with Crippen molar-refractivity contribution in [1.82, 2.24) is 20.3 Å². The molecule has 1 aliphatic rings. The number of aliphatic hydroxyl groups is 1. The van der Waals surface area contributed by atoms with Crippen molar-refractivity contribution in [3.8, 4) is 22.9 Å². The first-order chi connectivity index (χ1) is 24.1. The van der Waals surface area contributed by atoms with Gasteiger partial charge in [0.2, 0.25) is 5.91 Å². The molecule has 2 aromatic heterocycles. The first-order valence-electron chi connectivity index (χ1n) is 17.2. The van der Waals surface area contributed by atoms with Crippen LogP contribution in [0.3, 0.4) is 0 Å². The monoisotopic (exact) mass is 684 g/mol. The number of aliphatic hydroxyl groups excluding tert-OH is 1. The van der Waals surface area contributed by atoms with Gasteiger partial charge in [-0.1, -0.05) is 43.5 Å². The number of aromatic nitrogens is 3. The second-order valence-corrected chi connectivity index (χ2v) is 13.1. The average Bonchev–Trinajstić information content (AvgIpc) is 3.79. The molecule has 1 amide bonds. The van der Waals surface area contributed by atoms with Gasteiger partial charge in [-0.15, -0.1) is 0 Å². The fourth-order valence-corrected chi connectivity index (χ4v) is 6.69. The summed E-state index contributed by atoms with van der Waals surface area (Å²) in [5.74, 6) is -1.55. The summed E-state index contributed by atoms with van der Waals surface area (Å²) in [6.07, 6.45) is 6.86. The molecule has 0 aliphatic carbocycles. The molecule has 262 valence electrons. The molecule has 1 aliphatic heterocycles. The number of esters is 1. The number of hydrogen-bond donors (Lipinski definition) is 4. The quantitative estimate of drug-likeness (QED) is 0.143. The second kappa shape index (κ2) is 15.2. The average molecular weight is 685 g/mol. The molecular weight excluding hydrogens is 642 g/mol. The molecule has 0 spiro atoms. The number of H-pyrrole nitrogens is 2. The van der Waals surface area contributed by atoms with Crippen molar-refractivity contribution >= 4 is 22.8 Å². The highest BCUT2D eigenvalue weighted by Gasteiger charge is 2.32. The van der Waals surface area contributed by atoms with Gasteiger partial charge in [-0.25, -0.2) is 13.8 Å². The lowest BCUT2D eigenvalue weighted by Gasteiger charge is -2.30. The van der Waals surface area contributed by atoms with Gasteiger partial charge in [0.15, 0.2) is 11.6 Å². The third-order valence-electron chi connectivity index (χ3n) is 9.52. The standard InChI is InChI=1S/C39H42F2N4O5/c1-3-49-36(48)14-11-24-8-7-9-25(18-24)39(2)16-6-4-5-10-26(46)22-43-35(47)20-29-28-15-17-42-33(28)21-32(41)37(29)50-27-12-13-31(40)30(19-27)38-44-23-34(39)45-38/h7-9,12-13,15,17-19,21,23,26,42,46H,3-6,10-11,14,16,20,22H2,1-2H3,(H,43,47)(H,44,45). The van der Waals surface area contributed by atoms with E-state index in [0.717, 1.165) is 42.5 Å². The maximum atomic E-state index is 15.6. The van der Waals surface area contributed by atoms with E-state index < -0.39 is 23.2 Å². The van der Waals surface area contributed by atoms with E-state index in [1.165, 1.54) is 24.3 Å². The van der Waals surface area contributed by atoms with Gasteiger partial charge in [0.25, 0.3) is 0 Å². The number of carbonyl (C=O) groups excluding carboxylic acids is 2. The zero-order chi connectivity index (χ0) is 35.3. The zero-order valence-electron chi connectivity index (χ0n) is 28.3. The zero-order valence-corrected chi connectivity index (χ0v) is 28.3. The summed E-state index contributed by atoms with van der Waals surface area (Å²) in [6.45, 7) is 4.30. The third-order valence-corrected chi connectivity index (χ3v) is 9.52. The Morgan fingerprint density at radius 3 is 2.80 bits per heavy atom. The van der Waals surface area contributed by atoms with Crippen molar-refractivity contribution in [3.63, 3.8) is 0 Å². The fourth-order valence-electron chi connectivity index (χ4n) is 6.69. The summed E-state index contributed by atoms with van der Waals surface area (Å²) in [5, 5.41) is 14.1. The van der Waals surface area contributed by atoms with Crippen LogP contribution in [0.4, 0.5) is 8.78 Å². The van der Waals surface area contributed by atoms with Crippen LogP contribution in [-0.4, -0.2) is 51.2 Å². The lowest BCUT2D eigenvalue weighted by atomic mass is 9.75. The number of halogens is 2. The Kier molecular flexibility index (Phi) is 10.6. The molecule has 0 saturated heterocycles. The lowest BCUT2D eigenvalue weighted by Crippen LogP contribution is -2.33. The number of hydrogen-bond acceptors (Lipinski definition) is 6. The molecule has 0 fully saturated rings. The van der Waals surface area contributed by atoms with Gasteiger partial charge in [-0.05, 0) is 68.5 Å². The van der Waals surface area contributed by atoms with Gasteiger partial charge < -0.3 is 29.9 Å². The third kappa shape index (κ3) is 7.73. The van der Waals surface area contributed by atoms with Gasteiger partial charge >= 0.3 is 5.97 Å². The van der Waals surface area contributed by atoms with Crippen molar-refractivity contribution in [3.05, 3.63) is 101 Å². The number of β-amino-alcohol motifs (C(OH)–C–C–N with tert-alkyl or cyclic N) is 1. The van der Waals surface area contributed by atoms with Crippen LogP contribution in [0.1, 0.15) is 74.8 Å². The highest BCUT2D eigenvalue weighted by molar-refractivity contribution is 5.91. The highest BCUT2D eigenvalue weighted by atomic mass is 19.1. The molecule has 2 atom stereocenters. The Hall–Kier alpha value is -5.03. The normalized spacial score (nSPS) is 18.9. The number of rotatable bonds is 5. The van der Waals surface area contributed by atoms with Crippen LogP contribution >= 0.6 is 0 Å². The van der Waals surface area contributed by atoms with Crippen LogP contribution < -0.4 is 10.1 Å². The minimum absolute atomic E-state index is 0.0647. The second-order valence-electron chi connectivity index (χ2n) is 13.1. The largest absolute Gasteiger partial charge is 0.466 e. The Morgan fingerprint density at radius 2 is 1.96 bits per heavy atom. The Morgan fingerprint density at radius 1 is 1.10 bits per heavy atom. The maximum absolute atomic E-state index is 15.6. The summed E-state index contributed by atoms with van der Waals surface area (Å²) in [7, 11) is 0. The minimum atomic E-state index is -0.740. The first-order valence-corrected chi connectivity index (χ1v) is 17.2. The summed E-state index contributed by atoms with van der Waals surface area (Å²) in [5.41, 5.74) is 3.20. The van der Waals surface area contributed by atoms with E-state index in [1.54, 1.807) is 25.4 Å². The topological polar surface area (TPSA) is 129 Å². The number of nitrogens with one attached hydrogen (secondary N) is 3. The van der Waals surface area contributed by atoms with Gasteiger partial charge in [-0.2, -0.15) is 0 Å². The summed E-state index contributed by atoms with van der Waals surface area (Å²) < 4.78 is 42.2. The smallest absolute Gasteiger partial charge is 0.306 e. The van der Waals surface area contributed by atoms with E-state index in [-0.39, 0.29) is 54.1 Å². The van der Waals surface area contributed by atoms with Crippen molar-refractivity contribution in [2.75, 3.05) is 13.2 Å². The number of amides is 1. The Bertz CT molecular complexity index is 1990. The summed E-state index contributed by atoms with van der Waals surface area (Å²) in [4.78, 5) is 36.1. The molecule has 5 aromatic rings. The minimum Gasteiger partial charge on any atom is -0.466 e. The van der Waals surface area contributed by atoms with Crippen molar-refractivity contribution in [2.45, 2.75) is 76.7 Å². The van der Waals surface area contributed by atoms with E-state index in [9.17, 15) is 14.7 Å². The summed E-state index contributed by atoms with van der Waals surface area (Å²) >= 11 is 0. The van der Waals surface area contributed by atoms with Crippen LogP contribution in [-0.2, 0) is 32.6 Å². The summed E-state index contributed by atoms with van der Waals surface area (Å²) in [6, 6.07) is 15.2. The van der Waals surface area contributed by atoms with E-state index in [1.807, 2.05) is 18.2 Å². The fraction of sp³-hybridized carbons (Fsp3) is 0.359. The predicted octanol–water partition coefficient (Wildman–Crippen LogP) is 7.41. The number of fused-ring (bicyclic) bond motifs is 8. The van der Waals surface area contributed by atoms with Gasteiger partial charge in [-0.3, -0.25) is 9.59 Å². The predicted molar refractivity (Wildman–Crippen MR) is 186 cm³/mol. The number of benzene rings is 3. The SMILES string of the molecule is CCOC(=O)CCc1cccc(C2(C)CCCCCC(O)CNC(=O)Cc3c(c(F)cc4[nH]ccc34)Oc3ccc(F)c(c3)-c3ncc2[nH]3)c1. The van der Waals surface area contributed by atoms with Gasteiger partial charge in [0.05, 0.1) is 24.7 Å². The van der Waals surface area contributed by atoms with Crippen molar-refractivity contribution < 1.29 is 33.0 Å². The molecule has 3 aromatic carbocycles. The van der Waals surface area contributed by atoms with Gasteiger partial charge in [0, 0.05) is 59.0 Å². The molecule has 9 nitrogen and oxygen atoms in total. The first kappa shape index (κ1) is 34.8. The number of aryl methyl sites for hydroxylation is 1. The van der Waals surface area contributed by atoms with E-state index in [4.69, 9.17) is 9.47 Å². The van der Waals surface area contributed by atoms with Crippen LogP contribution in [0.2, 0.25) is 0 Å². The molecule has 0 saturated carbocycles. The number of carbonyl (C=O) groups is 2. The lowest BCUT2D eigenvalue weighted by molar-refractivity contribution is -0.143. The molecule has 6 rings (SSSR count). The van der Waals surface area contributed by atoms with Gasteiger partial charge in [0.1, 0.15) is 17.4 Å². The van der Waals surface area contributed by atoms with E-state index in [0.29, 0.717) is 35.9 Å². The number of aromatic amines is 2. The van der Waals surface area contributed by atoms with E-state index in [2.05, 4.69) is 33.3 Å².